The number of aromatic nitrogens is 3. The van der Waals surface area contributed by atoms with Gasteiger partial charge in [-0.25, -0.2) is 0 Å². The fourth-order valence-electron chi connectivity index (χ4n) is 1.62. The third-order valence-electron chi connectivity index (χ3n) is 3.19. The van der Waals surface area contributed by atoms with Crippen molar-refractivity contribution in [3.63, 3.8) is 0 Å². The van der Waals surface area contributed by atoms with Gasteiger partial charge >= 0.3 is 0 Å². The number of aryl methyl sites for hydroxylation is 1. The van der Waals surface area contributed by atoms with Crippen LogP contribution in [-0.2, 0) is 7.05 Å². The first-order valence-electron chi connectivity index (χ1n) is 5.82. The van der Waals surface area contributed by atoms with Crippen molar-refractivity contribution in [2.45, 2.75) is 45.3 Å². The van der Waals surface area contributed by atoms with Gasteiger partial charge in [0.25, 0.3) is 0 Å². The second kappa shape index (κ2) is 5.41. The van der Waals surface area contributed by atoms with Crippen LogP contribution in [0.2, 0.25) is 0 Å². The molecule has 0 saturated carbocycles. The standard InChI is InChI=1S/C11H22N4O/c1-5-11(16,6-2)7-12-9(3)10-14-13-8-15(10)4/h8-9,12,16H,5-7H2,1-4H3. The number of rotatable bonds is 6. The summed E-state index contributed by atoms with van der Waals surface area (Å²) in [5.41, 5.74) is -0.618. The minimum absolute atomic E-state index is 0.0946. The van der Waals surface area contributed by atoms with Crippen molar-refractivity contribution >= 4 is 0 Å². The van der Waals surface area contributed by atoms with E-state index in [1.165, 1.54) is 0 Å². The van der Waals surface area contributed by atoms with Gasteiger partial charge in [0, 0.05) is 13.6 Å². The molecule has 1 atom stereocenters. The Balaban J connectivity index is 2.53. The van der Waals surface area contributed by atoms with Crippen molar-refractivity contribution in [3.8, 4) is 0 Å². The molecule has 0 aliphatic carbocycles. The van der Waals surface area contributed by atoms with Gasteiger partial charge < -0.3 is 15.0 Å². The van der Waals surface area contributed by atoms with E-state index in [2.05, 4.69) is 15.5 Å². The van der Waals surface area contributed by atoms with Crippen molar-refractivity contribution in [2.24, 2.45) is 7.05 Å². The maximum atomic E-state index is 10.1. The molecule has 5 nitrogen and oxygen atoms in total. The molecule has 0 spiro atoms. The Labute approximate surface area is 96.9 Å². The van der Waals surface area contributed by atoms with E-state index in [1.807, 2.05) is 32.4 Å². The molecule has 16 heavy (non-hydrogen) atoms. The predicted molar refractivity (Wildman–Crippen MR) is 63.0 cm³/mol. The summed E-state index contributed by atoms with van der Waals surface area (Å²) in [5, 5.41) is 21.3. The SMILES string of the molecule is CCC(O)(CC)CNC(C)c1nncn1C. The average molecular weight is 226 g/mol. The van der Waals surface area contributed by atoms with Gasteiger partial charge in [-0.2, -0.15) is 0 Å². The van der Waals surface area contributed by atoms with Gasteiger partial charge in [-0.15, -0.1) is 10.2 Å². The van der Waals surface area contributed by atoms with Crippen LogP contribution in [0.4, 0.5) is 0 Å². The van der Waals surface area contributed by atoms with E-state index in [1.54, 1.807) is 6.33 Å². The fourth-order valence-corrected chi connectivity index (χ4v) is 1.62. The van der Waals surface area contributed by atoms with Gasteiger partial charge in [0.15, 0.2) is 0 Å². The lowest BCUT2D eigenvalue weighted by molar-refractivity contribution is 0.0300. The number of hydrogen-bond donors (Lipinski definition) is 2. The molecule has 0 aliphatic rings. The van der Waals surface area contributed by atoms with Gasteiger partial charge in [-0.1, -0.05) is 13.8 Å². The van der Waals surface area contributed by atoms with Gasteiger partial charge in [0.1, 0.15) is 12.2 Å². The molecule has 5 heteroatoms. The third kappa shape index (κ3) is 3.02. The summed E-state index contributed by atoms with van der Waals surface area (Å²) in [5.74, 6) is 0.884. The molecule has 1 aromatic heterocycles. The molecule has 2 N–H and O–H groups in total. The van der Waals surface area contributed by atoms with E-state index in [4.69, 9.17) is 0 Å². The van der Waals surface area contributed by atoms with E-state index in [-0.39, 0.29) is 6.04 Å². The third-order valence-corrected chi connectivity index (χ3v) is 3.19. The molecule has 0 fully saturated rings. The Morgan fingerprint density at radius 2 is 2.12 bits per heavy atom. The zero-order chi connectivity index (χ0) is 12.2. The highest BCUT2D eigenvalue weighted by molar-refractivity contribution is 4.93. The van der Waals surface area contributed by atoms with Crippen molar-refractivity contribution in [1.82, 2.24) is 20.1 Å². The second-order valence-electron chi connectivity index (χ2n) is 4.33. The van der Waals surface area contributed by atoms with Crippen LogP contribution in [0.15, 0.2) is 6.33 Å². The summed E-state index contributed by atoms with van der Waals surface area (Å²) in [6.07, 6.45) is 3.18. The molecule has 1 unspecified atom stereocenters. The van der Waals surface area contributed by atoms with Crippen LogP contribution >= 0.6 is 0 Å². The minimum atomic E-state index is -0.618. The highest BCUT2D eigenvalue weighted by atomic mass is 16.3. The van der Waals surface area contributed by atoms with Crippen LogP contribution in [0, 0.1) is 0 Å². The Morgan fingerprint density at radius 3 is 2.56 bits per heavy atom. The Hall–Kier alpha value is -0.940. The maximum absolute atomic E-state index is 10.1. The van der Waals surface area contributed by atoms with Gasteiger partial charge in [-0.3, -0.25) is 0 Å². The smallest absolute Gasteiger partial charge is 0.149 e. The number of hydrogen-bond acceptors (Lipinski definition) is 4. The van der Waals surface area contributed by atoms with Gasteiger partial charge in [0.05, 0.1) is 11.6 Å². The Morgan fingerprint density at radius 1 is 1.50 bits per heavy atom. The van der Waals surface area contributed by atoms with Crippen molar-refractivity contribution in [3.05, 3.63) is 12.2 Å². The van der Waals surface area contributed by atoms with Crippen LogP contribution in [0.25, 0.3) is 0 Å². The van der Waals surface area contributed by atoms with Gasteiger partial charge in [-0.05, 0) is 19.8 Å². The van der Waals surface area contributed by atoms with Crippen LogP contribution in [0.5, 0.6) is 0 Å². The largest absolute Gasteiger partial charge is 0.389 e. The first kappa shape index (κ1) is 13.1. The molecule has 0 aliphatic heterocycles. The van der Waals surface area contributed by atoms with Gasteiger partial charge in [0.2, 0.25) is 0 Å². The van der Waals surface area contributed by atoms with E-state index in [0.717, 1.165) is 18.7 Å². The Bertz CT molecular complexity index is 320. The molecule has 0 aromatic carbocycles. The van der Waals surface area contributed by atoms with Crippen molar-refractivity contribution < 1.29 is 5.11 Å². The highest BCUT2D eigenvalue weighted by Crippen LogP contribution is 2.15. The highest BCUT2D eigenvalue weighted by Gasteiger charge is 2.23. The molecule has 1 rings (SSSR count). The minimum Gasteiger partial charge on any atom is -0.389 e. The quantitative estimate of drug-likeness (QED) is 0.760. The van der Waals surface area contributed by atoms with Crippen LogP contribution in [0.3, 0.4) is 0 Å². The molecular formula is C11H22N4O. The lowest BCUT2D eigenvalue weighted by atomic mass is 9.97. The predicted octanol–water partition coefficient (Wildman–Crippen LogP) is 1.02. The topological polar surface area (TPSA) is 63.0 Å². The van der Waals surface area contributed by atoms with Crippen molar-refractivity contribution in [1.29, 1.82) is 0 Å². The maximum Gasteiger partial charge on any atom is 0.149 e. The van der Waals surface area contributed by atoms with Crippen molar-refractivity contribution in [2.75, 3.05) is 6.54 Å². The van der Waals surface area contributed by atoms with E-state index < -0.39 is 5.60 Å². The molecule has 0 saturated heterocycles. The summed E-state index contributed by atoms with van der Waals surface area (Å²) < 4.78 is 1.88. The molecule has 0 bridgehead atoms. The molecule has 1 heterocycles. The normalized spacial score (nSPS) is 14.1. The monoisotopic (exact) mass is 226 g/mol. The lowest BCUT2D eigenvalue weighted by Crippen LogP contribution is -2.40. The van der Waals surface area contributed by atoms with Crippen LogP contribution in [0.1, 0.15) is 45.5 Å². The lowest BCUT2D eigenvalue weighted by Gasteiger charge is -2.27. The van der Waals surface area contributed by atoms with E-state index in [0.29, 0.717) is 6.54 Å². The Kier molecular flexibility index (Phi) is 4.44. The summed E-state index contributed by atoms with van der Waals surface area (Å²) in [6, 6.07) is 0.0946. The second-order valence-corrected chi connectivity index (χ2v) is 4.33. The molecule has 1 aromatic rings. The summed E-state index contributed by atoms with van der Waals surface area (Å²) in [6.45, 7) is 6.60. The zero-order valence-corrected chi connectivity index (χ0v) is 10.6. The summed E-state index contributed by atoms with van der Waals surface area (Å²) >= 11 is 0. The number of nitrogens with one attached hydrogen (secondary N) is 1. The van der Waals surface area contributed by atoms with E-state index >= 15 is 0 Å². The number of aliphatic hydroxyl groups is 1. The molecule has 0 radical (unpaired) electrons. The van der Waals surface area contributed by atoms with Crippen LogP contribution < -0.4 is 5.32 Å². The van der Waals surface area contributed by atoms with E-state index in [9.17, 15) is 5.11 Å². The molecule has 0 amide bonds. The average Bonchev–Trinajstić information content (AvgIpc) is 2.72. The fraction of sp³-hybridized carbons (Fsp3) is 0.818. The van der Waals surface area contributed by atoms with Crippen LogP contribution in [-0.4, -0.2) is 32.0 Å². The number of nitrogens with zero attached hydrogens (tertiary/aromatic N) is 3. The summed E-state index contributed by atoms with van der Waals surface area (Å²) in [7, 11) is 1.92. The summed E-state index contributed by atoms with van der Waals surface area (Å²) in [4.78, 5) is 0. The zero-order valence-electron chi connectivity index (χ0n) is 10.6. The molecule has 92 valence electrons. The first-order valence-corrected chi connectivity index (χ1v) is 5.82. The molecular weight excluding hydrogens is 204 g/mol. The first-order chi connectivity index (χ1) is 7.52.